The van der Waals surface area contributed by atoms with Gasteiger partial charge >= 0.3 is 0 Å². The lowest BCUT2D eigenvalue weighted by Gasteiger charge is -2.34. The standard InChI is InChI=1S/C44H44ClF8N7O5S2/c1-43(2,66(62,63)25-4-5-25)14-13-24-3-8-27(28-10-12-31(45)36-39(28)59(19-33(48)49)57-42(36)58-67(64,65)26-6-7-26)37(54-24)32(17-21-15-22(46)18-23(47)16-21)55-34(61)20-60-40-35(38(56-60)41(50)51)29-9-11-30(29)44(40,52)53/h3,8,10,12,15-16,18,25-26,29-30,32-33,41H,4-7,9,11,13-14,17,19-20H2,1-2H3,(H,55,61)(H,57,58)/t29-,30+,32-/m0/s1. The number of carbonyl (C=O) groups is 1. The molecule has 5 aromatic rings. The van der Waals surface area contributed by atoms with Crippen LogP contribution in [-0.4, -0.2) is 69.0 Å². The summed E-state index contributed by atoms with van der Waals surface area (Å²) in [6, 6.07) is 6.87. The van der Waals surface area contributed by atoms with Gasteiger partial charge in [-0.25, -0.2) is 43.2 Å². The van der Waals surface area contributed by atoms with E-state index < -0.39 is 120 Å². The first kappa shape index (κ1) is 47.2. The molecular formula is C44H44ClF8N7O5S2. The molecule has 0 saturated heterocycles. The van der Waals surface area contributed by atoms with Crippen molar-refractivity contribution in [1.82, 2.24) is 29.9 Å². The Balaban J connectivity index is 1.19. The molecular weight excluding hydrogens is 958 g/mol. The number of benzene rings is 2. The first-order valence-electron chi connectivity index (χ1n) is 21.7. The van der Waals surface area contributed by atoms with Crippen LogP contribution in [0.5, 0.6) is 0 Å². The van der Waals surface area contributed by atoms with Crippen molar-refractivity contribution in [3.05, 3.63) is 93.0 Å². The Kier molecular flexibility index (Phi) is 12.0. The summed E-state index contributed by atoms with van der Waals surface area (Å²) in [4.78, 5) is 19.1. The SMILES string of the molecule is CC(C)(CCc1ccc(-c2ccc(Cl)c3c(NS(=O)(=O)C4CC4)nn(CC(F)F)c23)c([C@H](Cc2cc(F)cc(F)c2)NC(=O)Cn2nc(C(F)F)c3c2C(F)(F)[C@@H]2CC[C@H]32)n1)S(=O)(=O)C1CC1. The fourth-order valence-electron chi connectivity index (χ4n) is 9.48. The maximum atomic E-state index is 15.8. The van der Waals surface area contributed by atoms with E-state index in [-0.39, 0.29) is 81.1 Å². The smallest absolute Gasteiger partial charge is 0.293 e. The van der Waals surface area contributed by atoms with Crippen molar-refractivity contribution in [2.24, 2.45) is 5.92 Å². The lowest BCUT2D eigenvalue weighted by atomic mass is 9.73. The molecule has 2 aromatic carbocycles. The number of sulfonamides is 1. The van der Waals surface area contributed by atoms with E-state index in [2.05, 4.69) is 20.2 Å². The van der Waals surface area contributed by atoms with Crippen LogP contribution in [0.25, 0.3) is 22.0 Å². The predicted molar refractivity (Wildman–Crippen MR) is 231 cm³/mol. The number of anilines is 1. The summed E-state index contributed by atoms with van der Waals surface area (Å²) < 4.78 is 174. The number of sulfone groups is 1. The Morgan fingerprint density at radius 1 is 0.881 bits per heavy atom. The Morgan fingerprint density at radius 3 is 2.16 bits per heavy atom. The van der Waals surface area contributed by atoms with E-state index in [4.69, 9.17) is 16.6 Å². The van der Waals surface area contributed by atoms with Gasteiger partial charge in [-0.2, -0.15) is 19.0 Å². The zero-order chi connectivity index (χ0) is 48.1. The first-order chi connectivity index (χ1) is 31.5. The minimum Gasteiger partial charge on any atom is -0.346 e. The molecule has 3 atom stereocenters. The molecule has 0 radical (unpaired) electrons. The van der Waals surface area contributed by atoms with E-state index in [9.17, 15) is 48.0 Å². The van der Waals surface area contributed by atoms with Gasteiger partial charge in [0.25, 0.3) is 18.8 Å². The van der Waals surface area contributed by atoms with Crippen molar-refractivity contribution < 1.29 is 56.8 Å². The third kappa shape index (κ3) is 8.78. The molecule has 2 N–H and O–H groups in total. The number of halogens is 9. The molecule has 9 rings (SSSR count). The topological polar surface area (TPSA) is 158 Å². The number of pyridine rings is 1. The third-order valence-corrected chi connectivity index (χ3v) is 18.6. The Hall–Kier alpha value is -4.83. The van der Waals surface area contributed by atoms with Gasteiger partial charge < -0.3 is 5.32 Å². The second kappa shape index (κ2) is 17.0. The van der Waals surface area contributed by atoms with Crippen molar-refractivity contribution in [2.75, 3.05) is 4.72 Å². The molecule has 1 amide bonds. The van der Waals surface area contributed by atoms with Crippen molar-refractivity contribution in [1.29, 1.82) is 0 Å². The Morgan fingerprint density at radius 2 is 1.55 bits per heavy atom. The fourth-order valence-corrected chi connectivity index (χ4v) is 13.1. The highest BCUT2D eigenvalue weighted by Crippen LogP contribution is 2.63. The average Bonchev–Trinajstić information content (AvgIpc) is 4.15. The first-order valence-corrected chi connectivity index (χ1v) is 25.2. The number of rotatable bonds is 18. The number of aromatic nitrogens is 5. The molecule has 0 bridgehead atoms. The number of fused-ring (bicyclic) bond motifs is 4. The molecule has 12 nitrogen and oxygen atoms in total. The average molecular weight is 1000 g/mol. The predicted octanol–water partition coefficient (Wildman–Crippen LogP) is 9.32. The van der Waals surface area contributed by atoms with E-state index in [0.29, 0.717) is 36.4 Å². The van der Waals surface area contributed by atoms with Crippen LogP contribution in [0.15, 0.2) is 42.5 Å². The van der Waals surface area contributed by atoms with Crippen LogP contribution >= 0.6 is 11.6 Å². The summed E-state index contributed by atoms with van der Waals surface area (Å²) in [6.45, 7) is 1.12. The fraction of sp³-hybridized carbons (Fsp3) is 0.500. The van der Waals surface area contributed by atoms with Crippen molar-refractivity contribution in [3.63, 3.8) is 0 Å². The van der Waals surface area contributed by atoms with Crippen LogP contribution in [-0.2, 0) is 56.5 Å². The zero-order valence-corrected chi connectivity index (χ0v) is 38.2. The molecule has 3 aromatic heterocycles. The summed E-state index contributed by atoms with van der Waals surface area (Å²) in [5.41, 5.74) is -1.79. The van der Waals surface area contributed by atoms with Gasteiger partial charge in [0, 0.05) is 34.4 Å². The molecule has 23 heteroatoms. The van der Waals surface area contributed by atoms with Gasteiger partial charge in [0.05, 0.1) is 42.9 Å². The maximum Gasteiger partial charge on any atom is 0.293 e. The molecule has 4 aliphatic carbocycles. The molecule has 4 aliphatic rings. The molecule has 0 unspecified atom stereocenters. The van der Waals surface area contributed by atoms with Gasteiger partial charge in [0.2, 0.25) is 15.9 Å². The number of hydrogen-bond acceptors (Lipinski definition) is 8. The largest absolute Gasteiger partial charge is 0.346 e. The number of nitrogens with one attached hydrogen (secondary N) is 2. The van der Waals surface area contributed by atoms with Crippen molar-refractivity contribution in [3.8, 4) is 11.1 Å². The van der Waals surface area contributed by atoms with Crippen molar-refractivity contribution in [2.45, 2.75) is 131 Å². The second-order valence-corrected chi connectivity index (χ2v) is 23.7. The quantitative estimate of drug-likeness (QED) is 0.0823. The summed E-state index contributed by atoms with van der Waals surface area (Å²) in [7, 11) is -7.61. The van der Waals surface area contributed by atoms with Gasteiger partial charge in [-0.1, -0.05) is 23.7 Å². The Labute approximate surface area is 384 Å². The van der Waals surface area contributed by atoms with Gasteiger partial charge in [-0.15, -0.1) is 0 Å². The summed E-state index contributed by atoms with van der Waals surface area (Å²) in [5.74, 6) is -9.12. The molecule has 360 valence electrons. The number of aryl methyl sites for hydroxylation is 1. The van der Waals surface area contributed by atoms with Gasteiger partial charge in [-0.05, 0) is 107 Å². The third-order valence-electron chi connectivity index (χ3n) is 13.3. The lowest BCUT2D eigenvalue weighted by molar-refractivity contribution is -0.123. The van der Waals surface area contributed by atoms with Crippen LogP contribution < -0.4 is 10.0 Å². The molecule has 3 fully saturated rings. The number of nitrogens with zero attached hydrogens (tertiary/aromatic N) is 5. The second-order valence-electron chi connectivity index (χ2n) is 18.4. The summed E-state index contributed by atoms with van der Waals surface area (Å²) in [5, 5.41) is 9.29. The highest BCUT2D eigenvalue weighted by Gasteiger charge is 2.62. The van der Waals surface area contributed by atoms with E-state index in [0.717, 1.165) is 16.8 Å². The molecule has 3 saturated carbocycles. The Bertz CT molecular complexity index is 3010. The summed E-state index contributed by atoms with van der Waals surface area (Å²) >= 11 is 6.68. The highest BCUT2D eigenvalue weighted by molar-refractivity contribution is 7.93. The van der Waals surface area contributed by atoms with Crippen LogP contribution in [0.1, 0.15) is 111 Å². The molecule has 3 heterocycles. The van der Waals surface area contributed by atoms with E-state index in [1.165, 1.54) is 24.3 Å². The van der Waals surface area contributed by atoms with Gasteiger partial charge in [-0.3, -0.25) is 23.9 Å². The minimum absolute atomic E-state index is 0.0289. The molecule has 0 aliphatic heterocycles. The molecule has 0 spiro atoms. The molecule has 67 heavy (non-hydrogen) atoms. The van der Waals surface area contributed by atoms with Gasteiger partial charge in [0.1, 0.15) is 36.1 Å². The van der Waals surface area contributed by atoms with Crippen LogP contribution in [0, 0.1) is 17.6 Å². The number of hydrogen-bond donors (Lipinski definition) is 2. The van der Waals surface area contributed by atoms with E-state index >= 15 is 8.78 Å². The summed E-state index contributed by atoms with van der Waals surface area (Å²) in [6.07, 6.45) is -4.55. The van der Waals surface area contributed by atoms with Crippen molar-refractivity contribution >= 4 is 54.1 Å². The minimum atomic E-state index is -4.03. The maximum absolute atomic E-state index is 15.8. The number of amides is 1. The number of alkyl halides is 6. The lowest BCUT2D eigenvalue weighted by Crippen LogP contribution is -2.36. The monoisotopic (exact) mass is 1000 g/mol. The highest BCUT2D eigenvalue weighted by atomic mass is 35.5. The number of carbonyl (C=O) groups excluding carboxylic acids is 1. The van der Waals surface area contributed by atoms with Crippen LogP contribution in [0.4, 0.5) is 40.9 Å². The normalized spacial score (nSPS) is 19.7. The van der Waals surface area contributed by atoms with Gasteiger partial charge in [0.15, 0.2) is 15.7 Å². The zero-order valence-electron chi connectivity index (χ0n) is 35.9. The van der Waals surface area contributed by atoms with Crippen LogP contribution in [0.3, 0.4) is 0 Å². The van der Waals surface area contributed by atoms with Crippen LogP contribution in [0.2, 0.25) is 5.02 Å². The van der Waals surface area contributed by atoms with E-state index in [1.54, 1.807) is 13.8 Å². The van der Waals surface area contributed by atoms with E-state index in [1.807, 2.05) is 0 Å².